The smallest absolute Gasteiger partial charge is 0.125 e. The van der Waals surface area contributed by atoms with Crippen molar-refractivity contribution in [3.63, 3.8) is 0 Å². The molecule has 0 radical (unpaired) electrons. The Labute approximate surface area is 167 Å². The van der Waals surface area contributed by atoms with Crippen LogP contribution in [0.5, 0.6) is 5.75 Å². The van der Waals surface area contributed by atoms with Crippen molar-refractivity contribution in [3.8, 4) is 11.8 Å². The van der Waals surface area contributed by atoms with E-state index in [9.17, 15) is 0 Å². The van der Waals surface area contributed by atoms with E-state index in [1.807, 2.05) is 24.3 Å². The van der Waals surface area contributed by atoms with Gasteiger partial charge in [-0.1, -0.05) is 12.5 Å². The molecule has 0 amide bonds. The van der Waals surface area contributed by atoms with Crippen LogP contribution in [0.1, 0.15) is 43.2 Å². The van der Waals surface area contributed by atoms with Crippen LogP contribution in [0.25, 0.3) is 0 Å². The fraction of sp³-hybridized carbons (Fsp3) is 0.458. The first-order valence-electron chi connectivity index (χ1n) is 10.5. The van der Waals surface area contributed by atoms with Crippen molar-refractivity contribution in [2.45, 2.75) is 50.2 Å². The lowest BCUT2D eigenvalue weighted by Gasteiger charge is -2.45. The maximum atomic E-state index is 8.99. The van der Waals surface area contributed by atoms with Gasteiger partial charge in [-0.25, -0.2) is 0 Å². The number of rotatable bonds is 3. The quantitative estimate of drug-likeness (QED) is 0.785. The van der Waals surface area contributed by atoms with Gasteiger partial charge < -0.3 is 14.5 Å². The zero-order valence-electron chi connectivity index (χ0n) is 16.5. The molecule has 4 heteroatoms. The van der Waals surface area contributed by atoms with Gasteiger partial charge in [0.1, 0.15) is 11.4 Å². The lowest BCUT2D eigenvalue weighted by atomic mass is 9.84. The Balaban J connectivity index is 1.30. The molecule has 2 aliphatic heterocycles. The molecule has 1 saturated carbocycles. The van der Waals surface area contributed by atoms with Crippen LogP contribution in [0.4, 0.5) is 11.4 Å². The van der Waals surface area contributed by atoms with Crippen LogP contribution >= 0.6 is 0 Å². The highest BCUT2D eigenvalue weighted by atomic mass is 16.5. The first kappa shape index (κ1) is 17.6. The highest BCUT2D eigenvalue weighted by Gasteiger charge is 2.43. The topological polar surface area (TPSA) is 39.5 Å². The minimum atomic E-state index is 0.00815. The number of nitrogens with zero attached hydrogens (tertiary/aromatic N) is 3. The molecule has 1 saturated heterocycles. The molecule has 3 aliphatic rings. The van der Waals surface area contributed by atoms with Crippen molar-refractivity contribution in [1.29, 1.82) is 5.26 Å². The predicted molar refractivity (Wildman–Crippen MR) is 111 cm³/mol. The zero-order valence-corrected chi connectivity index (χ0v) is 16.5. The number of nitriles is 1. The van der Waals surface area contributed by atoms with Crippen LogP contribution in [0.15, 0.2) is 42.5 Å². The summed E-state index contributed by atoms with van der Waals surface area (Å²) in [6, 6.07) is 17.3. The molecule has 2 fully saturated rings. The molecule has 0 N–H and O–H groups in total. The summed E-state index contributed by atoms with van der Waals surface area (Å²) in [6.07, 6.45) is 7.50. The van der Waals surface area contributed by atoms with E-state index in [1.54, 1.807) is 0 Å². The molecule has 1 aliphatic carbocycles. The molecule has 2 aromatic rings. The number of benzene rings is 2. The summed E-state index contributed by atoms with van der Waals surface area (Å²) in [5.74, 6) is 1.05. The molecule has 4 nitrogen and oxygen atoms in total. The monoisotopic (exact) mass is 373 g/mol. The van der Waals surface area contributed by atoms with Crippen LogP contribution in [-0.4, -0.2) is 36.7 Å². The molecule has 28 heavy (non-hydrogen) atoms. The summed E-state index contributed by atoms with van der Waals surface area (Å²) < 4.78 is 6.58. The van der Waals surface area contributed by atoms with E-state index in [2.05, 4.69) is 41.1 Å². The van der Waals surface area contributed by atoms with E-state index in [-0.39, 0.29) is 5.60 Å². The lowest BCUT2D eigenvalue weighted by molar-refractivity contribution is -0.00745. The number of piperidine rings is 1. The van der Waals surface area contributed by atoms with Crippen molar-refractivity contribution in [2.75, 3.05) is 25.0 Å². The molecule has 2 aromatic carbocycles. The zero-order chi connectivity index (χ0) is 19.1. The van der Waals surface area contributed by atoms with Crippen molar-refractivity contribution in [2.24, 2.45) is 0 Å². The summed E-state index contributed by atoms with van der Waals surface area (Å²) in [6.45, 7) is 2.35. The third kappa shape index (κ3) is 3.04. The lowest BCUT2D eigenvalue weighted by Crippen LogP contribution is -2.52. The average molecular weight is 374 g/mol. The number of anilines is 2. The highest BCUT2D eigenvalue weighted by molar-refractivity contribution is 5.66. The molecular formula is C24H27N3O. The first-order chi connectivity index (χ1) is 13.7. The number of ether oxygens (including phenoxy) is 1. The molecule has 1 spiro atoms. The molecule has 0 unspecified atom stereocenters. The summed E-state index contributed by atoms with van der Waals surface area (Å²) in [7, 11) is 2.06. The average Bonchev–Trinajstić information content (AvgIpc) is 3.05. The Morgan fingerprint density at radius 1 is 1.07 bits per heavy atom. The van der Waals surface area contributed by atoms with Crippen LogP contribution in [0.2, 0.25) is 0 Å². The fourth-order valence-corrected chi connectivity index (χ4v) is 4.85. The van der Waals surface area contributed by atoms with E-state index >= 15 is 0 Å². The Morgan fingerprint density at radius 2 is 1.79 bits per heavy atom. The van der Waals surface area contributed by atoms with E-state index in [4.69, 9.17) is 10.00 Å². The third-order valence-electron chi connectivity index (χ3n) is 6.96. The van der Waals surface area contributed by atoms with Crippen molar-refractivity contribution < 1.29 is 4.74 Å². The summed E-state index contributed by atoms with van der Waals surface area (Å²) >= 11 is 0. The van der Waals surface area contributed by atoms with E-state index in [0.29, 0.717) is 5.56 Å². The van der Waals surface area contributed by atoms with Gasteiger partial charge in [-0.2, -0.15) is 5.26 Å². The highest BCUT2D eigenvalue weighted by Crippen LogP contribution is 2.44. The van der Waals surface area contributed by atoms with Gasteiger partial charge in [0.2, 0.25) is 0 Å². The largest absolute Gasteiger partial charge is 0.486 e. The second-order valence-corrected chi connectivity index (χ2v) is 8.59. The van der Waals surface area contributed by atoms with Gasteiger partial charge in [0, 0.05) is 62.9 Å². The molecule has 2 heterocycles. The Bertz CT molecular complexity index is 902. The standard InChI is InChI=1S/C24H27N3O/c1-26(20-8-5-18(17-25)6-9-20)22-10-7-19-16-24(28-23(19)15-22)11-13-27(14-12-24)21-3-2-4-21/h5-10,15,21H,2-4,11-14,16H2,1H3. The first-order valence-corrected chi connectivity index (χ1v) is 10.5. The SMILES string of the molecule is CN(c1ccc(C#N)cc1)c1ccc2c(c1)OC1(CCN(C3CCC3)CC1)C2. The van der Waals surface area contributed by atoms with E-state index < -0.39 is 0 Å². The Kier molecular flexibility index (Phi) is 4.29. The normalized spacial score (nSPS) is 20.9. The van der Waals surface area contributed by atoms with Gasteiger partial charge in [0.05, 0.1) is 11.6 Å². The van der Waals surface area contributed by atoms with Crippen LogP contribution in [0, 0.1) is 11.3 Å². The van der Waals surface area contributed by atoms with Crippen molar-refractivity contribution >= 4 is 11.4 Å². The molecule has 144 valence electrons. The maximum Gasteiger partial charge on any atom is 0.125 e. The second-order valence-electron chi connectivity index (χ2n) is 8.59. The molecule has 0 atom stereocenters. The summed E-state index contributed by atoms with van der Waals surface area (Å²) in [4.78, 5) is 4.83. The predicted octanol–water partition coefficient (Wildman–Crippen LogP) is 4.65. The number of hydrogen-bond donors (Lipinski definition) is 0. The van der Waals surface area contributed by atoms with Crippen LogP contribution in [0.3, 0.4) is 0 Å². The van der Waals surface area contributed by atoms with E-state index in [1.165, 1.54) is 37.9 Å². The number of likely N-dealkylation sites (tertiary alicyclic amines) is 1. The van der Waals surface area contributed by atoms with Gasteiger partial charge in [-0.3, -0.25) is 0 Å². The number of hydrogen-bond acceptors (Lipinski definition) is 4. The van der Waals surface area contributed by atoms with E-state index in [0.717, 1.165) is 42.4 Å². The van der Waals surface area contributed by atoms with Crippen LogP contribution < -0.4 is 9.64 Å². The van der Waals surface area contributed by atoms with Gasteiger partial charge in [0.15, 0.2) is 0 Å². The second kappa shape index (κ2) is 6.83. The van der Waals surface area contributed by atoms with Crippen molar-refractivity contribution in [1.82, 2.24) is 4.90 Å². The minimum Gasteiger partial charge on any atom is -0.486 e. The summed E-state index contributed by atoms with van der Waals surface area (Å²) in [5, 5.41) is 8.99. The Morgan fingerprint density at radius 3 is 2.43 bits per heavy atom. The molecule has 0 bridgehead atoms. The maximum absolute atomic E-state index is 8.99. The molecule has 5 rings (SSSR count). The fourth-order valence-electron chi connectivity index (χ4n) is 4.85. The van der Waals surface area contributed by atoms with Gasteiger partial charge >= 0.3 is 0 Å². The van der Waals surface area contributed by atoms with Gasteiger partial charge in [-0.05, 0) is 48.7 Å². The molecular weight excluding hydrogens is 346 g/mol. The van der Waals surface area contributed by atoms with Crippen molar-refractivity contribution in [3.05, 3.63) is 53.6 Å². The van der Waals surface area contributed by atoms with Gasteiger partial charge in [-0.15, -0.1) is 0 Å². The minimum absolute atomic E-state index is 0.00815. The van der Waals surface area contributed by atoms with Crippen LogP contribution in [-0.2, 0) is 6.42 Å². The third-order valence-corrected chi connectivity index (χ3v) is 6.96. The Hall–Kier alpha value is -2.51. The molecule has 0 aromatic heterocycles. The van der Waals surface area contributed by atoms with Gasteiger partial charge in [0.25, 0.3) is 0 Å². The number of fused-ring (bicyclic) bond motifs is 1. The summed E-state index contributed by atoms with van der Waals surface area (Å²) in [5.41, 5.74) is 4.22.